The lowest BCUT2D eigenvalue weighted by Gasteiger charge is -2.37. The number of rotatable bonds is 5. The van der Waals surface area contributed by atoms with Gasteiger partial charge in [0.05, 0.1) is 19.4 Å². The monoisotopic (exact) mass is 478 g/mol. The molecule has 2 aliphatic rings. The van der Waals surface area contributed by atoms with Gasteiger partial charge < -0.3 is 24.5 Å². The maximum atomic E-state index is 10.6. The number of hydrogen-bond acceptors (Lipinski definition) is 5. The molecular weight excluding hydrogens is 447 g/mol. The highest BCUT2D eigenvalue weighted by Crippen LogP contribution is 2.20. The van der Waals surface area contributed by atoms with E-state index in [9.17, 15) is 5.11 Å². The summed E-state index contributed by atoms with van der Waals surface area (Å²) in [6.45, 7) is 9.00. The van der Waals surface area contributed by atoms with Gasteiger partial charge in [-0.2, -0.15) is 0 Å². The number of nitrogens with zero attached hydrogens (tertiary/aromatic N) is 3. The van der Waals surface area contributed by atoms with E-state index in [4.69, 9.17) is 9.15 Å². The van der Waals surface area contributed by atoms with Gasteiger partial charge in [0, 0.05) is 46.4 Å². The van der Waals surface area contributed by atoms with Gasteiger partial charge >= 0.3 is 0 Å². The maximum absolute atomic E-state index is 10.6. The molecule has 8 heteroatoms. The second-order valence-electron chi connectivity index (χ2n) is 7.17. The Balaban J connectivity index is 0.00000243. The first-order chi connectivity index (χ1) is 12.1. The zero-order valence-electron chi connectivity index (χ0n) is 15.7. The predicted molar refractivity (Wildman–Crippen MR) is 112 cm³/mol. The standard InChI is InChI=1S/C18H30N4O3.HI/c1-18(23,16-4-3-10-25-16)14-20-17(19-2)22-8-6-21(7-9-22)12-15-5-11-24-13-15;/h3-4,10,15,23H,5-9,11-14H2,1-2H3,(H,19,20);1H. The van der Waals surface area contributed by atoms with Crippen molar-refractivity contribution >= 4 is 29.9 Å². The highest BCUT2D eigenvalue weighted by Gasteiger charge is 2.28. The molecule has 3 rings (SSSR count). The van der Waals surface area contributed by atoms with Crippen LogP contribution in [0.1, 0.15) is 19.1 Å². The molecule has 2 atom stereocenters. The summed E-state index contributed by atoms with van der Waals surface area (Å²) < 4.78 is 10.8. The van der Waals surface area contributed by atoms with Gasteiger partial charge in [-0.3, -0.25) is 9.89 Å². The van der Waals surface area contributed by atoms with Crippen LogP contribution in [-0.4, -0.2) is 80.4 Å². The van der Waals surface area contributed by atoms with E-state index in [0.717, 1.165) is 51.9 Å². The van der Waals surface area contributed by atoms with E-state index >= 15 is 0 Å². The molecule has 26 heavy (non-hydrogen) atoms. The highest BCUT2D eigenvalue weighted by atomic mass is 127. The van der Waals surface area contributed by atoms with Crippen molar-refractivity contribution in [3.05, 3.63) is 24.2 Å². The average molecular weight is 478 g/mol. The van der Waals surface area contributed by atoms with Crippen LogP contribution in [0.3, 0.4) is 0 Å². The Morgan fingerprint density at radius 1 is 1.38 bits per heavy atom. The first-order valence-electron chi connectivity index (χ1n) is 9.10. The van der Waals surface area contributed by atoms with Gasteiger partial charge in [-0.25, -0.2) is 0 Å². The topological polar surface area (TPSA) is 73.5 Å². The number of nitrogens with one attached hydrogen (secondary N) is 1. The molecular formula is C18H31IN4O3. The molecule has 0 amide bonds. The lowest BCUT2D eigenvalue weighted by atomic mass is 10.0. The van der Waals surface area contributed by atoms with Crippen molar-refractivity contribution in [1.29, 1.82) is 0 Å². The quantitative estimate of drug-likeness (QED) is 0.378. The van der Waals surface area contributed by atoms with E-state index in [-0.39, 0.29) is 24.0 Å². The normalized spacial score (nSPS) is 24.2. The molecule has 2 aliphatic heterocycles. The molecule has 1 aromatic rings. The Morgan fingerprint density at radius 2 is 2.15 bits per heavy atom. The van der Waals surface area contributed by atoms with Crippen LogP contribution in [-0.2, 0) is 10.3 Å². The molecule has 2 unspecified atom stereocenters. The van der Waals surface area contributed by atoms with Gasteiger partial charge in [-0.1, -0.05) is 0 Å². The van der Waals surface area contributed by atoms with Crippen molar-refractivity contribution < 1.29 is 14.3 Å². The summed E-state index contributed by atoms with van der Waals surface area (Å²) in [5.41, 5.74) is -1.07. The van der Waals surface area contributed by atoms with Gasteiger partial charge in [0.2, 0.25) is 0 Å². The van der Waals surface area contributed by atoms with Crippen LogP contribution in [0.5, 0.6) is 0 Å². The van der Waals surface area contributed by atoms with Gasteiger partial charge in [-0.05, 0) is 31.4 Å². The van der Waals surface area contributed by atoms with Crippen LogP contribution in [0.25, 0.3) is 0 Å². The number of piperazine rings is 1. The van der Waals surface area contributed by atoms with Gasteiger partial charge in [0.25, 0.3) is 0 Å². The summed E-state index contributed by atoms with van der Waals surface area (Å²) in [6.07, 6.45) is 2.76. The number of halogens is 1. The Bertz CT molecular complexity index is 551. The SMILES string of the molecule is CN=C(NCC(C)(O)c1ccco1)N1CCN(CC2CCOC2)CC1.I. The first-order valence-corrected chi connectivity index (χ1v) is 9.10. The fraction of sp³-hybridized carbons (Fsp3) is 0.722. The Hall–Kier alpha value is -0.840. The van der Waals surface area contributed by atoms with Crippen LogP contribution in [0.15, 0.2) is 27.8 Å². The third kappa shape index (κ3) is 5.58. The van der Waals surface area contributed by atoms with Crippen LogP contribution < -0.4 is 5.32 Å². The average Bonchev–Trinajstić information content (AvgIpc) is 3.30. The lowest BCUT2D eigenvalue weighted by Crippen LogP contribution is -2.54. The summed E-state index contributed by atoms with van der Waals surface area (Å²) in [6, 6.07) is 3.57. The molecule has 0 aliphatic carbocycles. The molecule has 0 radical (unpaired) electrons. The lowest BCUT2D eigenvalue weighted by molar-refractivity contribution is 0.0376. The molecule has 0 saturated carbocycles. The van der Waals surface area contributed by atoms with Crippen molar-refractivity contribution in [3.8, 4) is 0 Å². The summed E-state index contributed by atoms with van der Waals surface area (Å²) in [5.74, 6) is 2.07. The third-order valence-electron chi connectivity index (χ3n) is 5.07. The zero-order chi connectivity index (χ0) is 17.7. The van der Waals surface area contributed by atoms with Gasteiger partial charge in [0.1, 0.15) is 11.4 Å². The largest absolute Gasteiger partial charge is 0.466 e. The van der Waals surface area contributed by atoms with Crippen LogP contribution in [0.4, 0.5) is 0 Å². The van der Waals surface area contributed by atoms with Crippen molar-refractivity contribution in [1.82, 2.24) is 15.1 Å². The van der Waals surface area contributed by atoms with E-state index < -0.39 is 5.60 Å². The van der Waals surface area contributed by atoms with Gasteiger partial charge in [-0.15, -0.1) is 24.0 Å². The van der Waals surface area contributed by atoms with Gasteiger partial charge in [0.15, 0.2) is 5.96 Å². The smallest absolute Gasteiger partial charge is 0.193 e. The first kappa shape index (κ1) is 21.5. The number of guanidine groups is 1. The van der Waals surface area contributed by atoms with E-state index in [1.165, 1.54) is 6.42 Å². The number of ether oxygens (including phenoxy) is 1. The Morgan fingerprint density at radius 3 is 2.73 bits per heavy atom. The molecule has 2 saturated heterocycles. The maximum Gasteiger partial charge on any atom is 0.193 e. The fourth-order valence-electron chi connectivity index (χ4n) is 3.49. The van der Waals surface area contributed by atoms with E-state index in [1.54, 1.807) is 32.4 Å². The minimum Gasteiger partial charge on any atom is -0.466 e. The molecule has 7 nitrogen and oxygen atoms in total. The molecule has 0 aromatic carbocycles. The van der Waals surface area contributed by atoms with E-state index in [1.807, 2.05) is 0 Å². The summed E-state index contributed by atoms with van der Waals surface area (Å²) >= 11 is 0. The second-order valence-corrected chi connectivity index (χ2v) is 7.17. The molecule has 2 N–H and O–H groups in total. The molecule has 1 aromatic heterocycles. The molecule has 0 bridgehead atoms. The molecule has 0 spiro atoms. The fourth-order valence-corrected chi connectivity index (χ4v) is 3.49. The number of furan rings is 1. The summed E-state index contributed by atoms with van der Waals surface area (Å²) in [7, 11) is 1.78. The zero-order valence-corrected chi connectivity index (χ0v) is 18.0. The number of hydrogen-bond donors (Lipinski definition) is 2. The minimum atomic E-state index is -1.07. The van der Waals surface area contributed by atoms with Crippen molar-refractivity contribution in [3.63, 3.8) is 0 Å². The summed E-state index contributed by atoms with van der Waals surface area (Å²) in [5, 5.41) is 13.9. The Kier molecular flexibility index (Phi) is 8.18. The van der Waals surface area contributed by atoms with E-state index in [2.05, 4.69) is 20.1 Å². The second kappa shape index (κ2) is 9.91. The number of aliphatic hydroxyl groups is 1. The Labute approximate surface area is 172 Å². The third-order valence-corrected chi connectivity index (χ3v) is 5.07. The van der Waals surface area contributed by atoms with Crippen LogP contribution >= 0.6 is 24.0 Å². The van der Waals surface area contributed by atoms with E-state index in [0.29, 0.717) is 18.2 Å². The van der Waals surface area contributed by atoms with Crippen molar-refractivity contribution in [2.45, 2.75) is 18.9 Å². The molecule has 148 valence electrons. The number of aliphatic imine (C=N–C) groups is 1. The van der Waals surface area contributed by atoms with Crippen LogP contribution in [0, 0.1) is 5.92 Å². The minimum absolute atomic E-state index is 0. The highest BCUT2D eigenvalue weighted by molar-refractivity contribution is 14.0. The summed E-state index contributed by atoms with van der Waals surface area (Å²) in [4.78, 5) is 9.14. The molecule has 3 heterocycles. The van der Waals surface area contributed by atoms with Crippen LogP contribution in [0.2, 0.25) is 0 Å². The van der Waals surface area contributed by atoms with Crippen molar-refractivity contribution in [2.75, 3.05) is 59.5 Å². The predicted octanol–water partition coefficient (Wildman–Crippen LogP) is 1.33. The van der Waals surface area contributed by atoms with Crippen molar-refractivity contribution in [2.24, 2.45) is 10.9 Å². The molecule has 2 fully saturated rings.